The summed E-state index contributed by atoms with van der Waals surface area (Å²) in [6.45, 7) is 0.120. The molecule has 2 rings (SSSR count). The Morgan fingerprint density at radius 3 is 2.48 bits per heavy atom. The molecule has 0 aliphatic heterocycles. The summed E-state index contributed by atoms with van der Waals surface area (Å²) in [5.74, 6) is -0.860. The fraction of sp³-hybridized carbons (Fsp3) is 0.214. The average Bonchev–Trinajstić information content (AvgIpc) is 2.86. The number of rotatable bonds is 5. The zero-order valence-corrected chi connectivity index (χ0v) is 11.7. The summed E-state index contributed by atoms with van der Waals surface area (Å²) in [5, 5.41) is 3.95. The van der Waals surface area contributed by atoms with Gasteiger partial charge in [-0.2, -0.15) is 5.10 Å². The van der Waals surface area contributed by atoms with Crippen molar-refractivity contribution in [3.63, 3.8) is 0 Å². The van der Waals surface area contributed by atoms with Gasteiger partial charge in [-0.25, -0.2) is 0 Å². The molecule has 4 N–H and O–H groups in total. The van der Waals surface area contributed by atoms with E-state index in [0.29, 0.717) is 11.3 Å². The van der Waals surface area contributed by atoms with Crippen LogP contribution in [-0.4, -0.2) is 33.0 Å². The van der Waals surface area contributed by atoms with E-state index >= 15 is 0 Å². The predicted molar refractivity (Wildman–Crippen MR) is 78.0 cm³/mol. The van der Waals surface area contributed by atoms with Crippen molar-refractivity contribution in [3.8, 4) is 0 Å². The monoisotopic (exact) mass is 287 g/mol. The number of aryl methyl sites for hydroxylation is 1. The van der Waals surface area contributed by atoms with Gasteiger partial charge in [0.1, 0.15) is 0 Å². The van der Waals surface area contributed by atoms with Crippen molar-refractivity contribution < 1.29 is 9.59 Å². The molecule has 0 bridgehead atoms. The number of nitrogens with two attached hydrogens (primary N) is 2. The third kappa shape index (κ3) is 3.82. The average molecular weight is 287 g/mol. The van der Waals surface area contributed by atoms with Crippen molar-refractivity contribution in [1.29, 1.82) is 0 Å². The Hall–Kier alpha value is -2.83. The number of benzene rings is 1. The van der Waals surface area contributed by atoms with Gasteiger partial charge in [0.2, 0.25) is 5.91 Å². The molecule has 0 radical (unpaired) electrons. The summed E-state index contributed by atoms with van der Waals surface area (Å²) in [5.41, 5.74) is 12.8. The molecule has 2 aromatic rings. The minimum absolute atomic E-state index is 0.155. The summed E-state index contributed by atoms with van der Waals surface area (Å²) in [6, 6.07) is 7.10. The lowest BCUT2D eigenvalue weighted by Crippen LogP contribution is -2.37. The number of primary amides is 1. The van der Waals surface area contributed by atoms with Crippen molar-refractivity contribution >= 4 is 17.5 Å². The van der Waals surface area contributed by atoms with Crippen LogP contribution in [-0.2, 0) is 18.4 Å². The van der Waals surface area contributed by atoms with Crippen LogP contribution in [0.1, 0.15) is 15.9 Å². The predicted octanol–water partition coefficient (Wildman–Crippen LogP) is 0.130. The number of carbonyl (C=O) groups is 2. The number of anilines is 1. The molecule has 1 aromatic carbocycles. The molecule has 0 spiro atoms. The Morgan fingerprint density at radius 1 is 1.29 bits per heavy atom. The van der Waals surface area contributed by atoms with Crippen LogP contribution in [0.25, 0.3) is 0 Å². The summed E-state index contributed by atoms with van der Waals surface area (Å²) >= 11 is 0. The second kappa shape index (κ2) is 6.08. The van der Waals surface area contributed by atoms with Crippen LogP contribution < -0.4 is 11.5 Å². The molecule has 1 aromatic heterocycles. The molecular formula is C14H17N5O2. The first-order valence-corrected chi connectivity index (χ1v) is 6.36. The maximum absolute atomic E-state index is 12.4. The minimum Gasteiger partial charge on any atom is -0.399 e. The Labute approximate surface area is 122 Å². The van der Waals surface area contributed by atoms with Crippen molar-refractivity contribution in [2.45, 2.75) is 6.54 Å². The summed E-state index contributed by atoms with van der Waals surface area (Å²) < 4.78 is 1.53. The van der Waals surface area contributed by atoms with Gasteiger partial charge in [0.25, 0.3) is 5.91 Å². The van der Waals surface area contributed by atoms with Crippen molar-refractivity contribution in [2.75, 3.05) is 12.3 Å². The molecular weight excluding hydrogens is 270 g/mol. The van der Waals surface area contributed by atoms with Gasteiger partial charge in [0.15, 0.2) is 0 Å². The quantitative estimate of drug-likeness (QED) is 0.762. The van der Waals surface area contributed by atoms with Gasteiger partial charge in [-0.1, -0.05) is 12.1 Å². The fourth-order valence-corrected chi connectivity index (χ4v) is 1.95. The second-order valence-electron chi connectivity index (χ2n) is 4.77. The maximum atomic E-state index is 12.4. The minimum atomic E-state index is -0.567. The Bertz CT molecular complexity index is 648. The van der Waals surface area contributed by atoms with E-state index in [1.165, 1.54) is 15.8 Å². The van der Waals surface area contributed by atoms with Crippen LogP contribution in [0.4, 0.5) is 5.69 Å². The summed E-state index contributed by atoms with van der Waals surface area (Å²) in [7, 11) is 1.72. The number of hydrogen-bond donors (Lipinski definition) is 2. The van der Waals surface area contributed by atoms with Crippen LogP contribution in [0, 0.1) is 0 Å². The Morgan fingerprint density at radius 2 is 1.95 bits per heavy atom. The van der Waals surface area contributed by atoms with Crippen molar-refractivity contribution in [2.24, 2.45) is 12.8 Å². The standard InChI is InChI=1S/C14H17N5O2/c1-18-8-11(6-17-18)14(21)19(9-13(16)20)7-10-2-4-12(15)5-3-10/h2-6,8H,7,9,15H2,1H3,(H2,16,20). The molecule has 0 saturated carbocycles. The normalized spacial score (nSPS) is 10.3. The molecule has 2 amide bonds. The number of aromatic nitrogens is 2. The van der Waals surface area contributed by atoms with E-state index in [1.807, 2.05) is 0 Å². The second-order valence-corrected chi connectivity index (χ2v) is 4.77. The van der Waals surface area contributed by atoms with E-state index in [2.05, 4.69) is 5.10 Å². The smallest absolute Gasteiger partial charge is 0.257 e. The van der Waals surface area contributed by atoms with Crippen LogP contribution in [0.15, 0.2) is 36.7 Å². The highest BCUT2D eigenvalue weighted by atomic mass is 16.2. The van der Waals surface area contributed by atoms with E-state index in [0.717, 1.165) is 5.56 Å². The SMILES string of the molecule is Cn1cc(C(=O)N(CC(N)=O)Cc2ccc(N)cc2)cn1. The van der Waals surface area contributed by atoms with Crippen LogP contribution >= 0.6 is 0 Å². The molecule has 0 fully saturated rings. The molecule has 7 nitrogen and oxygen atoms in total. The zero-order chi connectivity index (χ0) is 15.4. The number of hydrogen-bond acceptors (Lipinski definition) is 4. The highest BCUT2D eigenvalue weighted by Gasteiger charge is 2.19. The van der Waals surface area contributed by atoms with Crippen LogP contribution in [0.3, 0.4) is 0 Å². The first kappa shape index (κ1) is 14.6. The number of nitrogen functional groups attached to an aromatic ring is 1. The lowest BCUT2D eigenvalue weighted by atomic mass is 10.2. The molecule has 0 saturated heterocycles. The molecule has 0 atom stereocenters. The van der Waals surface area contributed by atoms with Gasteiger partial charge in [-0.15, -0.1) is 0 Å². The van der Waals surface area contributed by atoms with Gasteiger partial charge >= 0.3 is 0 Å². The molecule has 0 aliphatic rings. The van der Waals surface area contributed by atoms with E-state index in [-0.39, 0.29) is 19.0 Å². The third-order valence-electron chi connectivity index (χ3n) is 2.94. The molecule has 7 heteroatoms. The first-order valence-electron chi connectivity index (χ1n) is 6.36. The lowest BCUT2D eigenvalue weighted by Gasteiger charge is -2.20. The van der Waals surface area contributed by atoms with E-state index in [1.54, 1.807) is 37.5 Å². The highest BCUT2D eigenvalue weighted by molar-refractivity contribution is 5.95. The van der Waals surface area contributed by atoms with E-state index < -0.39 is 5.91 Å². The molecule has 0 aliphatic carbocycles. The summed E-state index contributed by atoms with van der Waals surface area (Å²) in [6.07, 6.45) is 3.05. The van der Waals surface area contributed by atoms with Gasteiger partial charge in [-0.05, 0) is 17.7 Å². The first-order chi connectivity index (χ1) is 9.95. The molecule has 21 heavy (non-hydrogen) atoms. The zero-order valence-electron chi connectivity index (χ0n) is 11.7. The van der Waals surface area contributed by atoms with Crippen molar-refractivity contribution in [3.05, 3.63) is 47.8 Å². The van der Waals surface area contributed by atoms with Crippen LogP contribution in [0.2, 0.25) is 0 Å². The number of nitrogens with zero attached hydrogens (tertiary/aromatic N) is 3. The van der Waals surface area contributed by atoms with Gasteiger partial charge in [0.05, 0.1) is 18.3 Å². The Balaban J connectivity index is 2.19. The molecule has 1 heterocycles. The fourth-order valence-electron chi connectivity index (χ4n) is 1.95. The maximum Gasteiger partial charge on any atom is 0.257 e. The van der Waals surface area contributed by atoms with Crippen LogP contribution in [0.5, 0.6) is 0 Å². The van der Waals surface area contributed by atoms with Crippen molar-refractivity contribution in [1.82, 2.24) is 14.7 Å². The number of carbonyl (C=O) groups excluding carboxylic acids is 2. The topological polar surface area (TPSA) is 107 Å². The Kier molecular flexibility index (Phi) is 4.22. The lowest BCUT2D eigenvalue weighted by molar-refractivity contribution is -0.118. The third-order valence-corrected chi connectivity index (χ3v) is 2.94. The highest BCUT2D eigenvalue weighted by Crippen LogP contribution is 2.11. The van der Waals surface area contributed by atoms with Gasteiger partial charge in [-0.3, -0.25) is 14.3 Å². The van der Waals surface area contributed by atoms with E-state index in [4.69, 9.17) is 11.5 Å². The van der Waals surface area contributed by atoms with Gasteiger partial charge < -0.3 is 16.4 Å². The number of amides is 2. The summed E-state index contributed by atoms with van der Waals surface area (Å²) in [4.78, 5) is 25.0. The molecule has 110 valence electrons. The largest absolute Gasteiger partial charge is 0.399 e. The van der Waals surface area contributed by atoms with E-state index in [9.17, 15) is 9.59 Å². The van der Waals surface area contributed by atoms with Gasteiger partial charge in [0, 0.05) is 25.5 Å². The molecule has 0 unspecified atom stereocenters.